The largest absolute Gasteiger partial charge is 0.368 e. The summed E-state index contributed by atoms with van der Waals surface area (Å²) in [6.45, 7) is 7.87. The van der Waals surface area contributed by atoms with E-state index in [2.05, 4.69) is 63.4 Å². The maximum Gasteiger partial charge on any atom is 0.230 e. The number of nitrogens with one attached hydrogen (secondary N) is 1. The topological polar surface area (TPSA) is 75.5 Å². The van der Waals surface area contributed by atoms with Crippen molar-refractivity contribution in [2.24, 2.45) is 11.8 Å². The van der Waals surface area contributed by atoms with Gasteiger partial charge in [0.1, 0.15) is 6.07 Å². The van der Waals surface area contributed by atoms with Crippen molar-refractivity contribution in [3.05, 3.63) is 65.4 Å². The smallest absolute Gasteiger partial charge is 0.230 e. The van der Waals surface area contributed by atoms with Gasteiger partial charge in [0.2, 0.25) is 5.91 Å². The first-order valence-corrected chi connectivity index (χ1v) is 13.5. The molecule has 1 N–H and O–H groups in total. The lowest BCUT2D eigenvalue weighted by atomic mass is 9.89. The molecule has 7 nitrogen and oxygen atoms in total. The third kappa shape index (κ3) is 3.70. The molecule has 0 spiro atoms. The number of hydrogen-bond donors (Lipinski definition) is 1. The van der Waals surface area contributed by atoms with Gasteiger partial charge in [0, 0.05) is 79.6 Å². The minimum atomic E-state index is 0.178. The number of rotatable bonds is 2. The molecule has 188 valence electrons. The summed E-state index contributed by atoms with van der Waals surface area (Å²) in [6.07, 6.45) is 3.70. The zero-order chi connectivity index (χ0) is 25.1. The monoisotopic (exact) mass is 492 g/mol. The minimum absolute atomic E-state index is 0.178. The molecule has 0 radical (unpaired) electrons. The molecule has 2 aromatic carbocycles. The van der Waals surface area contributed by atoms with E-state index in [4.69, 9.17) is 0 Å². The highest BCUT2D eigenvalue weighted by Crippen LogP contribution is 2.37. The number of aromatic nitrogens is 1. The highest BCUT2D eigenvalue weighted by Gasteiger charge is 2.42. The first kappa shape index (κ1) is 22.7. The second-order valence-electron chi connectivity index (χ2n) is 11.2. The van der Waals surface area contributed by atoms with Gasteiger partial charge in [-0.15, -0.1) is 0 Å². The van der Waals surface area contributed by atoms with E-state index in [0.29, 0.717) is 29.5 Å². The highest BCUT2D eigenvalue weighted by atomic mass is 16.2. The van der Waals surface area contributed by atoms with Crippen LogP contribution in [-0.2, 0) is 17.8 Å². The van der Waals surface area contributed by atoms with E-state index < -0.39 is 0 Å². The van der Waals surface area contributed by atoms with Gasteiger partial charge in [0.25, 0.3) is 0 Å². The number of nitrogens with zero attached hydrogens (tertiary/aromatic N) is 5. The van der Waals surface area contributed by atoms with Crippen molar-refractivity contribution in [1.82, 2.24) is 15.2 Å². The van der Waals surface area contributed by atoms with Crippen LogP contribution in [0.25, 0.3) is 10.9 Å². The van der Waals surface area contributed by atoms with Crippen LogP contribution >= 0.6 is 0 Å². The maximum atomic E-state index is 13.2. The normalized spacial score (nSPS) is 27.5. The Morgan fingerprint density at radius 3 is 2.89 bits per heavy atom. The van der Waals surface area contributed by atoms with Crippen molar-refractivity contribution < 1.29 is 4.79 Å². The highest BCUT2D eigenvalue weighted by molar-refractivity contribution is 5.98. The minimum Gasteiger partial charge on any atom is -0.368 e. The van der Waals surface area contributed by atoms with E-state index >= 15 is 0 Å². The maximum absolute atomic E-state index is 13.2. The Bertz CT molecular complexity index is 1430. The fraction of sp³-hybridized carbons (Fsp3) is 0.433. The van der Waals surface area contributed by atoms with Crippen LogP contribution in [0.15, 0.2) is 48.7 Å². The lowest BCUT2D eigenvalue weighted by Crippen LogP contribution is -2.59. The van der Waals surface area contributed by atoms with Gasteiger partial charge in [0.05, 0.1) is 11.1 Å². The van der Waals surface area contributed by atoms with E-state index in [-0.39, 0.29) is 5.92 Å². The van der Waals surface area contributed by atoms with Crippen molar-refractivity contribution in [2.75, 3.05) is 42.5 Å². The summed E-state index contributed by atoms with van der Waals surface area (Å²) in [7, 11) is 0. The number of benzene rings is 2. The molecule has 3 aromatic rings. The Kier molecular flexibility index (Phi) is 5.42. The zero-order valence-corrected chi connectivity index (χ0v) is 21.2. The van der Waals surface area contributed by atoms with Gasteiger partial charge in [-0.3, -0.25) is 14.7 Å². The summed E-state index contributed by atoms with van der Waals surface area (Å²) in [5.74, 6) is 0.914. The number of fused-ring (bicyclic) bond motifs is 4. The summed E-state index contributed by atoms with van der Waals surface area (Å²) >= 11 is 0. The Morgan fingerprint density at radius 1 is 1.11 bits per heavy atom. The van der Waals surface area contributed by atoms with Gasteiger partial charge < -0.3 is 15.1 Å². The van der Waals surface area contributed by atoms with Crippen LogP contribution < -0.4 is 15.1 Å². The molecule has 7 rings (SSSR count). The van der Waals surface area contributed by atoms with E-state index in [9.17, 15) is 10.1 Å². The van der Waals surface area contributed by atoms with Crippen molar-refractivity contribution in [2.45, 2.75) is 38.4 Å². The number of carbonyl (C=O) groups excluding carboxylic acids is 1. The van der Waals surface area contributed by atoms with Crippen LogP contribution in [0.3, 0.4) is 0 Å². The van der Waals surface area contributed by atoms with Gasteiger partial charge in [-0.25, -0.2) is 0 Å². The molecular weight excluding hydrogens is 460 g/mol. The van der Waals surface area contributed by atoms with Crippen LogP contribution in [0.4, 0.5) is 11.4 Å². The Balaban J connectivity index is 1.17. The van der Waals surface area contributed by atoms with Crippen molar-refractivity contribution in [1.29, 1.82) is 5.26 Å². The summed E-state index contributed by atoms with van der Waals surface area (Å²) in [5.41, 5.74) is 6.39. The number of nitriles is 1. The number of hydrogen-bond acceptors (Lipinski definition) is 6. The second kappa shape index (κ2) is 8.83. The van der Waals surface area contributed by atoms with Crippen molar-refractivity contribution in [3.8, 4) is 6.07 Å². The fourth-order valence-corrected chi connectivity index (χ4v) is 7.18. The lowest BCUT2D eigenvalue weighted by molar-refractivity contribution is -0.121. The average Bonchev–Trinajstić information content (AvgIpc) is 3.27. The molecule has 1 aromatic heterocycles. The molecule has 37 heavy (non-hydrogen) atoms. The molecular formula is C30H32N6O. The first-order chi connectivity index (χ1) is 18.1. The lowest BCUT2D eigenvalue weighted by Gasteiger charge is -2.49. The summed E-state index contributed by atoms with van der Waals surface area (Å²) in [5, 5.41) is 14.1. The standard InChI is InChI=1S/C30H32N6O/c1-19-15-34(28-7-5-20(13-31)29-27(28)3-2-9-33-29)18-25-12-22-11-24(6-4-21(22)16-35(19)25)36-17-23-14-32-10-8-26(23)30(36)37/h2-7,9,11,19,23,25-26,32H,8,10,12,14-18H2,1H3/t19-,23?,25+,26?/m1/s1. The number of piperidine rings is 1. The summed E-state index contributed by atoms with van der Waals surface area (Å²) < 4.78 is 0. The number of piperazine rings is 1. The van der Waals surface area contributed by atoms with E-state index in [1.54, 1.807) is 6.20 Å². The molecule has 5 heterocycles. The second-order valence-corrected chi connectivity index (χ2v) is 11.2. The number of carbonyl (C=O) groups is 1. The van der Waals surface area contributed by atoms with Crippen molar-refractivity contribution >= 4 is 28.2 Å². The molecule has 3 fully saturated rings. The SMILES string of the molecule is C[C@@H]1CN(c2ccc(C#N)c3ncccc23)C[C@@H]2Cc3cc(N4CC5CNCCC5C4=O)ccc3CN21. The molecule has 7 heteroatoms. The van der Waals surface area contributed by atoms with Gasteiger partial charge in [-0.1, -0.05) is 6.07 Å². The molecule has 1 amide bonds. The average molecular weight is 493 g/mol. The van der Waals surface area contributed by atoms with E-state index in [1.165, 1.54) is 11.1 Å². The fourth-order valence-electron chi connectivity index (χ4n) is 7.18. The molecule has 0 saturated carbocycles. The molecule has 2 unspecified atom stereocenters. The van der Waals surface area contributed by atoms with Gasteiger partial charge in [-0.2, -0.15) is 5.26 Å². The third-order valence-corrected chi connectivity index (χ3v) is 9.08. The Hall–Kier alpha value is -3.47. The Morgan fingerprint density at radius 2 is 2.03 bits per heavy atom. The van der Waals surface area contributed by atoms with Crippen LogP contribution in [0.2, 0.25) is 0 Å². The summed E-state index contributed by atoms with van der Waals surface area (Å²) in [4.78, 5) is 24.9. The van der Waals surface area contributed by atoms with Crippen LogP contribution in [-0.4, -0.2) is 60.6 Å². The Labute approximate surface area is 217 Å². The molecule has 0 bridgehead atoms. The summed E-state index contributed by atoms with van der Waals surface area (Å²) in [6, 6.07) is 17.8. The van der Waals surface area contributed by atoms with Gasteiger partial charge >= 0.3 is 0 Å². The zero-order valence-electron chi connectivity index (χ0n) is 21.2. The molecule has 0 aliphatic carbocycles. The predicted octanol–water partition coefficient (Wildman–Crippen LogP) is 3.31. The molecule has 3 saturated heterocycles. The third-order valence-electron chi connectivity index (χ3n) is 9.08. The number of anilines is 2. The van der Waals surface area contributed by atoms with E-state index in [0.717, 1.165) is 74.4 Å². The molecule has 4 atom stereocenters. The van der Waals surface area contributed by atoms with E-state index in [1.807, 2.05) is 17.0 Å². The molecule has 4 aliphatic heterocycles. The van der Waals surface area contributed by atoms with Crippen LogP contribution in [0, 0.1) is 23.2 Å². The quantitative estimate of drug-likeness (QED) is 0.592. The predicted molar refractivity (Wildman–Crippen MR) is 144 cm³/mol. The number of pyridine rings is 1. The van der Waals surface area contributed by atoms with Gasteiger partial charge in [0.15, 0.2) is 0 Å². The van der Waals surface area contributed by atoms with Crippen molar-refractivity contribution in [3.63, 3.8) is 0 Å². The molecule has 4 aliphatic rings. The van der Waals surface area contributed by atoms with Crippen LogP contribution in [0.1, 0.15) is 30.0 Å². The first-order valence-electron chi connectivity index (χ1n) is 13.5. The van der Waals surface area contributed by atoms with Gasteiger partial charge in [-0.05, 0) is 73.8 Å². The van der Waals surface area contributed by atoms with Crippen LogP contribution in [0.5, 0.6) is 0 Å². The number of amides is 1.